The van der Waals surface area contributed by atoms with E-state index < -0.39 is 22.8 Å². The van der Waals surface area contributed by atoms with Gasteiger partial charge in [0.05, 0.1) is 13.2 Å². The number of esters is 2. The van der Waals surface area contributed by atoms with Crippen LogP contribution in [0.3, 0.4) is 0 Å². The summed E-state index contributed by atoms with van der Waals surface area (Å²) >= 11 is 5.64. The minimum Gasteiger partial charge on any atom is -0.464 e. The van der Waals surface area contributed by atoms with Gasteiger partial charge >= 0.3 is 18.0 Å². The van der Waals surface area contributed by atoms with Crippen molar-refractivity contribution in [1.82, 2.24) is 10.2 Å². The highest BCUT2D eigenvalue weighted by Crippen LogP contribution is 2.47. The number of carbonyl (C=O) groups excluding carboxylic acids is 3. The zero-order valence-corrected chi connectivity index (χ0v) is 25.6. The highest BCUT2D eigenvalue weighted by atomic mass is 35.5. The number of unbranched alkanes of at least 4 members (excludes halogenated alkanes) is 6. The second-order valence-electron chi connectivity index (χ2n) is 11.7. The van der Waals surface area contributed by atoms with Gasteiger partial charge in [-0.15, -0.1) is 0 Å². The first-order chi connectivity index (χ1) is 18.0. The van der Waals surface area contributed by atoms with Crippen LogP contribution in [0.4, 0.5) is 4.79 Å². The maximum absolute atomic E-state index is 12.3. The predicted molar refractivity (Wildman–Crippen MR) is 151 cm³/mol. The summed E-state index contributed by atoms with van der Waals surface area (Å²) in [6.07, 6.45) is 11.4. The summed E-state index contributed by atoms with van der Waals surface area (Å²) in [6, 6.07) is 0. The lowest BCUT2D eigenvalue weighted by atomic mass is 10.1. The molecular formula is C29H53ClN2O6. The third kappa shape index (κ3) is 10.9. The topological polar surface area (TPSA) is 103 Å². The molecule has 2 saturated carbocycles. The van der Waals surface area contributed by atoms with Gasteiger partial charge in [-0.25, -0.2) is 19.2 Å². The highest BCUT2D eigenvalue weighted by molar-refractivity contribution is 6.16. The Morgan fingerprint density at radius 3 is 1.58 bits per heavy atom. The van der Waals surface area contributed by atoms with Crippen molar-refractivity contribution in [2.45, 2.75) is 142 Å². The van der Waals surface area contributed by atoms with Crippen molar-refractivity contribution in [1.29, 1.82) is 0 Å². The molecule has 0 aliphatic heterocycles. The first kappa shape index (κ1) is 34.5. The smallest absolute Gasteiger partial charge is 0.408 e. The first-order valence-corrected chi connectivity index (χ1v) is 15.1. The molecule has 2 fully saturated rings. The van der Waals surface area contributed by atoms with Crippen LogP contribution >= 0.6 is 11.8 Å². The monoisotopic (exact) mass is 560 g/mol. The van der Waals surface area contributed by atoms with E-state index in [1.807, 2.05) is 6.92 Å². The Kier molecular flexibility index (Phi) is 15.0. The number of rotatable bonds is 16. The van der Waals surface area contributed by atoms with Crippen molar-refractivity contribution in [3.63, 3.8) is 0 Å². The van der Waals surface area contributed by atoms with Crippen LogP contribution in [0.2, 0.25) is 0 Å². The van der Waals surface area contributed by atoms with Crippen molar-refractivity contribution >= 4 is 29.8 Å². The molecule has 0 bridgehead atoms. The van der Waals surface area contributed by atoms with Crippen molar-refractivity contribution < 1.29 is 28.6 Å². The third-order valence-corrected chi connectivity index (χ3v) is 7.62. The molecule has 2 aliphatic rings. The molecule has 222 valence electrons. The van der Waals surface area contributed by atoms with Crippen LogP contribution in [0.1, 0.15) is 126 Å². The van der Waals surface area contributed by atoms with E-state index in [2.05, 4.69) is 30.9 Å². The van der Waals surface area contributed by atoms with E-state index in [9.17, 15) is 14.4 Å². The van der Waals surface area contributed by atoms with Crippen LogP contribution in [0.15, 0.2) is 0 Å². The van der Waals surface area contributed by atoms with Gasteiger partial charge in [-0.3, -0.25) is 0 Å². The maximum Gasteiger partial charge on any atom is 0.408 e. The molecule has 2 rings (SSSR count). The minimum atomic E-state index is -0.873. The van der Waals surface area contributed by atoms with Crippen LogP contribution in [0.25, 0.3) is 0 Å². The lowest BCUT2D eigenvalue weighted by molar-refractivity contribution is -0.148. The second kappa shape index (κ2) is 16.5. The Labute approximate surface area is 235 Å². The van der Waals surface area contributed by atoms with E-state index in [1.165, 1.54) is 12.8 Å². The first-order valence-electron chi connectivity index (χ1n) is 14.7. The summed E-state index contributed by atoms with van der Waals surface area (Å²) in [6.45, 7) is 14.7. The Morgan fingerprint density at radius 2 is 1.21 bits per heavy atom. The lowest BCUT2D eigenvalue weighted by Gasteiger charge is -2.23. The van der Waals surface area contributed by atoms with Crippen LogP contribution in [0, 0.1) is 11.8 Å². The van der Waals surface area contributed by atoms with Gasteiger partial charge in [-0.05, 0) is 70.1 Å². The number of ether oxygens (including phenoxy) is 3. The molecule has 0 aromatic heterocycles. The van der Waals surface area contributed by atoms with E-state index in [1.54, 1.807) is 20.8 Å². The Balaban J connectivity index is 0.000000399. The maximum atomic E-state index is 12.3. The van der Waals surface area contributed by atoms with Crippen LogP contribution in [0.5, 0.6) is 0 Å². The average molecular weight is 561 g/mol. The summed E-state index contributed by atoms with van der Waals surface area (Å²) < 4.78 is 15.9. The summed E-state index contributed by atoms with van der Waals surface area (Å²) in [4.78, 5) is 38.7. The van der Waals surface area contributed by atoms with E-state index in [-0.39, 0.29) is 17.9 Å². The molecule has 9 heteroatoms. The number of carbonyl (C=O) groups is 3. The fourth-order valence-electron chi connectivity index (χ4n) is 4.63. The zero-order chi connectivity index (χ0) is 28.8. The quantitative estimate of drug-likeness (QED) is 0.0923. The summed E-state index contributed by atoms with van der Waals surface area (Å²) in [5.41, 5.74) is -2.03. The van der Waals surface area contributed by atoms with E-state index >= 15 is 0 Å². The molecule has 4 atom stereocenters. The van der Waals surface area contributed by atoms with Gasteiger partial charge < -0.3 is 19.5 Å². The molecule has 0 heterocycles. The number of amides is 1. The number of halogens is 1. The summed E-state index contributed by atoms with van der Waals surface area (Å²) in [5, 5.41) is 2.74. The molecule has 1 amide bonds. The van der Waals surface area contributed by atoms with E-state index in [4.69, 9.17) is 26.0 Å². The molecule has 0 unspecified atom stereocenters. The fraction of sp³-hybridized carbons (Fsp3) is 0.897. The van der Waals surface area contributed by atoms with Gasteiger partial charge in [0.25, 0.3) is 0 Å². The Bertz CT molecular complexity index is 743. The number of alkyl carbamates (subject to hydrolysis) is 1. The van der Waals surface area contributed by atoms with Gasteiger partial charge in [-0.2, -0.15) is 0 Å². The normalized spacial score (nSPS) is 25.5. The van der Waals surface area contributed by atoms with E-state index in [0.717, 1.165) is 57.8 Å². The third-order valence-electron chi connectivity index (χ3n) is 7.28. The fourth-order valence-corrected chi connectivity index (χ4v) is 4.94. The Morgan fingerprint density at radius 1 is 0.763 bits per heavy atom. The summed E-state index contributed by atoms with van der Waals surface area (Å²) in [5.74, 6) is -0.0103. The number of hydrogen-bond acceptors (Lipinski definition) is 7. The number of hydrogen-bond donors (Lipinski definition) is 2. The molecule has 0 saturated heterocycles. The van der Waals surface area contributed by atoms with E-state index in [0.29, 0.717) is 25.6 Å². The van der Waals surface area contributed by atoms with Crippen molar-refractivity contribution in [2.24, 2.45) is 11.8 Å². The molecule has 0 radical (unpaired) electrons. The minimum absolute atomic E-state index is 0.142. The Hall–Kier alpha value is -1.54. The van der Waals surface area contributed by atoms with Gasteiger partial charge in [0.1, 0.15) is 16.7 Å². The SMILES string of the molecule is CCCCCCOC(=O)[C@@]1(NC(=O)OC(C)(C)C)C[C@H]1CC.CCCCCCOC(=O)[C@@]1(NCl)C[C@H]1CC. The van der Waals surface area contributed by atoms with Gasteiger partial charge in [0.2, 0.25) is 0 Å². The molecular weight excluding hydrogens is 508 g/mol. The predicted octanol–water partition coefficient (Wildman–Crippen LogP) is 6.83. The zero-order valence-electron chi connectivity index (χ0n) is 24.9. The molecule has 0 aromatic rings. The molecule has 2 N–H and O–H groups in total. The highest BCUT2D eigenvalue weighted by Gasteiger charge is 2.62. The number of nitrogens with one attached hydrogen (secondary N) is 2. The summed E-state index contributed by atoms with van der Waals surface area (Å²) in [7, 11) is 0. The lowest BCUT2D eigenvalue weighted by Crippen LogP contribution is -2.47. The van der Waals surface area contributed by atoms with Gasteiger partial charge in [-0.1, -0.05) is 79.1 Å². The molecule has 8 nitrogen and oxygen atoms in total. The average Bonchev–Trinajstić information content (AvgIpc) is 3.76. The van der Waals surface area contributed by atoms with Crippen molar-refractivity contribution in [2.75, 3.05) is 13.2 Å². The largest absolute Gasteiger partial charge is 0.464 e. The van der Waals surface area contributed by atoms with Gasteiger partial charge in [0.15, 0.2) is 0 Å². The van der Waals surface area contributed by atoms with Crippen molar-refractivity contribution in [3.8, 4) is 0 Å². The molecule has 2 aliphatic carbocycles. The molecule has 0 spiro atoms. The molecule has 38 heavy (non-hydrogen) atoms. The standard InChI is InChI=1S/C17H31NO4.C12H22ClNO2/c1-6-8-9-10-11-21-14(19)17(12-13(17)7-2)18-15(20)22-16(3,4)5;1-3-5-6-7-8-16-11(15)12(14-13)9-10(12)4-2/h13H,6-12H2,1-5H3,(H,18,20);10,14H,3-9H2,1-2H3/t13-,17-;10-,12-/m11/s1. The van der Waals surface area contributed by atoms with Crippen LogP contribution in [-0.2, 0) is 23.8 Å². The van der Waals surface area contributed by atoms with Crippen LogP contribution < -0.4 is 10.2 Å². The molecule has 0 aromatic carbocycles. The second-order valence-corrected chi connectivity index (χ2v) is 11.9. The van der Waals surface area contributed by atoms with Crippen LogP contribution in [-0.4, -0.2) is 47.9 Å². The van der Waals surface area contributed by atoms with Gasteiger partial charge in [0, 0.05) is 0 Å². The van der Waals surface area contributed by atoms with Crippen molar-refractivity contribution in [3.05, 3.63) is 0 Å².